The fourth-order valence-corrected chi connectivity index (χ4v) is 3.81. The number of nitrogens with one attached hydrogen (secondary N) is 1. The van der Waals surface area contributed by atoms with Crippen LogP contribution in [0.5, 0.6) is 0 Å². The number of rotatable bonds is 4. The predicted octanol–water partition coefficient (Wildman–Crippen LogP) is 5.48. The van der Waals surface area contributed by atoms with E-state index in [0.29, 0.717) is 0 Å². The lowest BCUT2D eigenvalue weighted by Crippen LogP contribution is -2.21. The molecular formula is C15H17BrClNS. The summed E-state index contributed by atoms with van der Waals surface area (Å²) in [5.74, 6) is 0. The van der Waals surface area contributed by atoms with Gasteiger partial charge in [-0.15, -0.1) is 11.3 Å². The molecular weight excluding hydrogens is 342 g/mol. The number of hydrogen-bond acceptors (Lipinski definition) is 2. The second-order valence-electron chi connectivity index (χ2n) is 4.60. The molecule has 0 fully saturated rings. The molecule has 2 aromatic rings. The monoisotopic (exact) mass is 357 g/mol. The first-order valence-electron chi connectivity index (χ1n) is 6.28. The Bertz CT molecular complexity index is 560. The number of aryl methyl sites for hydroxylation is 2. The Morgan fingerprint density at radius 2 is 2.00 bits per heavy atom. The molecule has 0 aliphatic carbocycles. The lowest BCUT2D eigenvalue weighted by molar-refractivity contribution is 0.636. The van der Waals surface area contributed by atoms with Gasteiger partial charge in [0.25, 0.3) is 0 Å². The Kier molecular flexibility index (Phi) is 5.07. The average molecular weight is 359 g/mol. The summed E-state index contributed by atoms with van der Waals surface area (Å²) < 4.78 is 1.99. The molecule has 0 bridgehead atoms. The van der Waals surface area contributed by atoms with Crippen molar-refractivity contribution in [3.05, 3.63) is 54.6 Å². The number of thiophene rings is 1. The molecule has 0 saturated carbocycles. The molecule has 0 spiro atoms. The van der Waals surface area contributed by atoms with Crippen LogP contribution in [0.15, 0.2) is 28.7 Å². The van der Waals surface area contributed by atoms with Gasteiger partial charge in [-0.05, 0) is 55.3 Å². The van der Waals surface area contributed by atoms with Crippen LogP contribution < -0.4 is 5.32 Å². The predicted molar refractivity (Wildman–Crippen MR) is 88.5 cm³/mol. The molecule has 0 radical (unpaired) electrons. The zero-order valence-electron chi connectivity index (χ0n) is 11.3. The van der Waals surface area contributed by atoms with Gasteiger partial charge in [0.1, 0.15) is 0 Å². The van der Waals surface area contributed by atoms with E-state index in [1.807, 2.05) is 0 Å². The first-order valence-corrected chi connectivity index (χ1v) is 8.27. The van der Waals surface area contributed by atoms with E-state index < -0.39 is 0 Å². The number of benzene rings is 1. The van der Waals surface area contributed by atoms with Gasteiger partial charge in [-0.3, -0.25) is 0 Å². The van der Waals surface area contributed by atoms with Crippen molar-refractivity contribution in [1.82, 2.24) is 5.32 Å². The first kappa shape index (κ1) is 15.0. The third-order valence-corrected chi connectivity index (χ3v) is 5.23. The van der Waals surface area contributed by atoms with Crippen LogP contribution in [0.3, 0.4) is 0 Å². The van der Waals surface area contributed by atoms with Gasteiger partial charge in [-0.1, -0.05) is 40.5 Å². The Morgan fingerprint density at radius 1 is 1.26 bits per heavy atom. The third-order valence-electron chi connectivity index (χ3n) is 3.12. The zero-order chi connectivity index (χ0) is 14.0. The highest BCUT2D eigenvalue weighted by Gasteiger charge is 2.18. The van der Waals surface area contributed by atoms with Gasteiger partial charge >= 0.3 is 0 Å². The van der Waals surface area contributed by atoms with Crippen LogP contribution in [0.1, 0.15) is 34.5 Å². The van der Waals surface area contributed by atoms with Crippen molar-refractivity contribution >= 4 is 38.9 Å². The van der Waals surface area contributed by atoms with Gasteiger partial charge in [0.15, 0.2) is 0 Å². The molecule has 2 rings (SSSR count). The molecule has 19 heavy (non-hydrogen) atoms. The van der Waals surface area contributed by atoms with Crippen molar-refractivity contribution in [1.29, 1.82) is 0 Å². The lowest BCUT2D eigenvalue weighted by atomic mass is 10.00. The molecule has 1 nitrogen and oxygen atoms in total. The van der Waals surface area contributed by atoms with Crippen LogP contribution in [-0.2, 0) is 0 Å². The average Bonchev–Trinajstić information content (AvgIpc) is 2.70. The van der Waals surface area contributed by atoms with Gasteiger partial charge in [0.05, 0.1) is 10.4 Å². The van der Waals surface area contributed by atoms with E-state index in [9.17, 15) is 0 Å². The number of halogens is 2. The highest BCUT2D eigenvalue weighted by atomic mass is 79.9. The van der Waals surface area contributed by atoms with Crippen LogP contribution in [0, 0.1) is 13.8 Å². The van der Waals surface area contributed by atoms with Crippen LogP contribution in [-0.4, -0.2) is 6.54 Å². The summed E-state index contributed by atoms with van der Waals surface area (Å²) in [6.07, 6.45) is 0. The van der Waals surface area contributed by atoms with Crippen molar-refractivity contribution in [3.63, 3.8) is 0 Å². The van der Waals surface area contributed by atoms with Crippen molar-refractivity contribution < 1.29 is 0 Å². The minimum Gasteiger partial charge on any atom is -0.306 e. The van der Waals surface area contributed by atoms with Gasteiger partial charge in [0.2, 0.25) is 0 Å². The molecule has 1 N–H and O–H groups in total. The van der Waals surface area contributed by atoms with Gasteiger partial charge in [0, 0.05) is 9.35 Å². The summed E-state index contributed by atoms with van der Waals surface area (Å²) >= 11 is 11.4. The van der Waals surface area contributed by atoms with Gasteiger partial charge in [-0.2, -0.15) is 0 Å². The summed E-state index contributed by atoms with van der Waals surface area (Å²) in [7, 11) is 0. The summed E-state index contributed by atoms with van der Waals surface area (Å²) in [5, 5.41) is 3.55. The van der Waals surface area contributed by atoms with Crippen molar-refractivity contribution in [2.75, 3.05) is 6.54 Å². The maximum absolute atomic E-state index is 6.21. The van der Waals surface area contributed by atoms with E-state index in [1.165, 1.54) is 16.0 Å². The second-order valence-corrected chi connectivity index (χ2v) is 7.20. The summed E-state index contributed by atoms with van der Waals surface area (Å²) in [6, 6.07) is 8.80. The Morgan fingerprint density at radius 3 is 2.58 bits per heavy atom. The van der Waals surface area contributed by atoms with Crippen LogP contribution in [0.2, 0.25) is 4.34 Å². The van der Waals surface area contributed by atoms with E-state index in [4.69, 9.17) is 11.6 Å². The van der Waals surface area contributed by atoms with E-state index in [-0.39, 0.29) is 6.04 Å². The molecule has 1 unspecified atom stereocenters. The molecule has 1 heterocycles. The molecule has 1 aromatic carbocycles. The molecule has 102 valence electrons. The Labute approximate surface area is 132 Å². The Hall–Kier alpha value is -0.350. The number of hydrogen-bond donors (Lipinski definition) is 1. The highest BCUT2D eigenvalue weighted by Crippen LogP contribution is 2.35. The summed E-state index contributed by atoms with van der Waals surface area (Å²) in [4.78, 5) is 1.27. The van der Waals surface area contributed by atoms with E-state index in [2.05, 4.69) is 66.3 Å². The maximum Gasteiger partial charge on any atom is 0.0961 e. The summed E-state index contributed by atoms with van der Waals surface area (Å²) in [5.41, 5.74) is 3.74. The first-order chi connectivity index (χ1) is 9.02. The van der Waals surface area contributed by atoms with Crippen molar-refractivity contribution in [2.45, 2.75) is 26.8 Å². The molecule has 0 amide bonds. The van der Waals surface area contributed by atoms with Crippen LogP contribution >= 0.6 is 38.9 Å². The normalized spacial score (nSPS) is 12.7. The Balaban J connectivity index is 2.47. The summed E-state index contributed by atoms with van der Waals surface area (Å²) in [6.45, 7) is 7.25. The zero-order valence-corrected chi connectivity index (χ0v) is 14.4. The van der Waals surface area contributed by atoms with E-state index in [1.54, 1.807) is 11.3 Å². The van der Waals surface area contributed by atoms with Gasteiger partial charge in [-0.25, -0.2) is 0 Å². The van der Waals surface area contributed by atoms with Crippen LogP contribution in [0.4, 0.5) is 0 Å². The van der Waals surface area contributed by atoms with Crippen molar-refractivity contribution in [3.8, 4) is 0 Å². The highest BCUT2D eigenvalue weighted by molar-refractivity contribution is 9.10. The molecule has 1 atom stereocenters. The largest absolute Gasteiger partial charge is 0.306 e. The van der Waals surface area contributed by atoms with E-state index in [0.717, 1.165) is 20.9 Å². The minimum atomic E-state index is 0.207. The second kappa shape index (κ2) is 6.40. The van der Waals surface area contributed by atoms with E-state index >= 15 is 0 Å². The SMILES string of the molecule is CCNC(c1cc(C)c(Cl)s1)c1cc(Br)ccc1C. The molecule has 0 aliphatic rings. The fraction of sp³-hybridized carbons (Fsp3) is 0.333. The topological polar surface area (TPSA) is 12.0 Å². The maximum atomic E-state index is 6.21. The minimum absolute atomic E-state index is 0.207. The smallest absolute Gasteiger partial charge is 0.0961 e. The molecule has 0 saturated heterocycles. The molecule has 4 heteroatoms. The van der Waals surface area contributed by atoms with Gasteiger partial charge < -0.3 is 5.32 Å². The lowest BCUT2D eigenvalue weighted by Gasteiger charge is -2.19. The third kappa shape index (κ3) is 3.40. The fourth-order valence-electron chi connectivity index (χ4n) is 2.12. The van der Waals surface area contributed by atoms with Crippen LogP contribution in [0.25, 0.3) is 0 Å². The molecule has 0 aliphatic heterocycles. The quantitative estimate of drug-likeness (QED) is 0.763. The van der Waals surface area contributed by atoms with Crippen molar-refractivity contribution in [2.24, 2.45) is 0 Å². The standard InChI is InChI=1S/C15H17BrClNS/c1-4-18-14(13-7-10(3)15(17)19-13)12-8-11(16)6-5-9(12)2/h5-8,14,18H,4H2,1-3H3. The molecule has 1 aromatic heterocycles.